The average molecular weight is 250 g/mol. The van der Waals surface area contributed by atoms with Gasteiger partial charge in [-0.05, 0) is 25.0 Å². The molecule has 1 fully saturated rings. The lowest BCUT2D eigenvalue weighted by atomic mass is 10.1. The fourth-order valence-corrected chi connectivity index (χ4v) is 2.26. The number of carbonyl (C=O) groups excluding carboxylic acids is 1. The first-order chi connectivity index (χ1) is 8.66. The van der Waals surface area contributed by atoms with Crippen molar-refractivity contribution in [2.45, 2.75) is 25.8 Å². The molecule has 1 aliphatic heterocycles. The second-order valence-electron chi connectivity index (χ2n) is 4.79. The maximum absolute atomic E-state index is 13.4. The first-order valence-corrected chi connectivity index (χ1v) is 6.41. The van der Waals surface area contributed by atoms with E-state index < -0.39 is 0 Å². The van der Waals surface area contributed by atoms with Crippen LogP contribution in [0.4, 0.5) is 4.39 Å². The van der Waals surface area contributed by atoms with Gasteiger partial charge in [0.25, 0.3) is 0 Å². The van der Waals surface area contributed by atoms with Gasteiger partial charge in [-0.25, -0.2) is 4.39 Å². The standard InChI is InChI=1S/C14H19FN2O/c1-11-10-17(9-8-16-11)14(18)7-6-12-4-2-3-5-13(12)15/h2-5,11,16H,6-10H2,1H3. The van der Waals surface area contributed by atoms with E-state index in [1.165, 1.54) is 6.07 Å². The summed E-state index contributed by atoms with van der Waals surface area (Å²) in [5.74, 6) is -0.106. The van der Waals surface area contributed by atoms with Crippen LogP contribution in [0.5, 0.6) is 0 Å². The summed E-state index contributed by atoms with van der Waals surface area (Å²) in [6.07, 6.45) is 0.859. The molecule has 1 atom stereocenters. The average Bonchev–Trinajstić information content (AvgIpc) is 2.37. The predicted molar refractivity (Wildman–Crippen MR) is 68.8 cm³/mol. The van der Waals surface area contributed by atoms with E-state index in [9.17, 15) is 9.18 Å². The van der Waals surface area contributed by atoms with Gasteiger partial charge in [0.1, 0.15) is 5.82 Å². The Bertz CT molecular complexity index is 422. The van der Waals surface area contributed by atoms with Gasteiger partial charge in [-0.2, -0.15) is 0 Å². The number of rotatable bonds is 3. The fraction of sp³-hybridized carbons (Fsp3) is 0.500. The molecule has 0 aromatic heterocycles. The van der Waals surface area contributed by atoms with Gasteiger partial charge < -0.3 is 10.2 Å². The van der Waals surface area contributed by atoms with Crippen LogP contribution < -0.4 is 5.32 Å². The Morgan fingerprint density at radius 3 is 3.00 bits per heavy atom. The number of hydrogen-bond acceptors (Lipinski definition) is 2. The lowest BCUT2D eigenvalue weighted by Crippen LogP contribution is -2.51. The van der Waals surface area contributed by atoms with Crippen LogP contribution >= 0.6 is 0 Å². The van der Waals surface area contributed by atoms with Crippen LogP contribution in [0.3, 0.4) is 0 Å². The lowest BCUT2D eigenvalue weighted by molar-refractivity contribution is -0.132. The van der Waals surface area contributed by atoms with E-state index in [4.69, 9.17) is 0 Å². The Morgan fingerprint density at radius 2 is 2.28 bits per heavy atom. The van der Waals surface area contributed by atoms with Crippen LogP contribution in [0.1, 0.15) is 18.9 Å². The predicted octanol–water partition coefficient (Wildman–Crippen LogP) is 1.58. The highest BCUT2D eigenvalue weighted by Gasteiger charge is 2.20. The number of carbonyl (C=O) groups is 1. The fourth-order valence-electron chi connectivity index (χ4n) is 2.26. The molecule has 0 spiro atoms. The van der Waals surface area contributed by atoms with E-state index in [1.54, 1.807) is 18.2 Å². The number of halogens is 1. The van der Waals surface area contributed by atoms with E-state index in [1.807, 2.05) is 4.90 Å². The van der Waals surface area contributed by atoms with Crippen molar-refractivity contribution in [2.75, 3.05) is 19.6 Å². The number of benzene rings is 1. The summed E-state index contributed by atoms with van der Waals surface area (Å²) in [5, 5.41) is 3.30. The Labute approximate surface area is 107 Å². The topological polar surface area (TPSA) is 32.3 Å². The Hall–Kier alpha value is -1.42. The molecule has 18 heavy (non-hydrogen) atoms. The molecule has 1 heterocycles. The van der Waals surface area contributed by atoms with E-state index in [0.717, 1.165) is 19.6 Å². The maximum atomic E-state index is 13.4. The van der Waals surface area contributed by atoms with Gasteiger partial charge in [-0.15, -0.1) is 0 Å². The molecular weight excluding hydrogens is 231 g/mol. The van der Waals surface area contributed by atoms with Crippen molar-refractivity contribution in [1.82, 2.24) is 10.2 Å². The molecule has 3 nitrogen and oxygen atoms in total. The van der Waals surface area contributed by atoms with Crippen molar-refractivity contribution < 1.29 is 9.18 Å². The highest BCUT2D eigenvalue weighted by molar-refractivity contribution is 5.76. The third kappa shape index (κ3) is 3.29. The van der Waals surface area contributed by atoms with Gasteiger partial charge in [0.2, 0.25) is 5.91 Å². The maximum Gasteiger partial charge on any atom is 0.222 e. The molecule has 1 aliphatic rings. The molecule has 0 saturated carbocycles. The van der Waals surface area contributed by atoms with E-state index >= 15 is 0 Å². The van der Waals surface area contributed by atoms with Gasteiger partial charge in [0.05, 0.1) is 0 Å². The second kappa shape index (κ2) is 5.96. The van der Waals surface area contributed by atoms with E-state index in [0.29, 0.717) is 24.4 Å². The summed E-state index contributed by atoms with van der Waals surface area (Å²) >= 11 is 0. The number of aryl methyl sites for hydroxylation is 1. The lowest BCUT2D eigenvalue weighted by Gasteiger charge is -2.32. The van der Waals surface area contributed by atoms with Crippen molar-refractivity contribution in [3.63, 3.8) is 0 Å². The number of amides is 1. The van der Waals surface area contributed by atoms with Crippen molar-refractivity contribution in [2.24, 2.45) is 0 Å². The van der Waals surface area contributed by atoms with Crippen LogP contribution in [0.15, 0.2) is 24.3 Å². The smallest absolute Gasteiger partial charge is 0.222 e. The molecule has 0 aliphatic carbocycles. The number of hydrogen-bond donors (Lipinski definition) is 1. The summed E-state index contributed by atoms with van der Waals surface area (Å²) < 4.78 is 13.4. The second-order valence-corrected chi connectivity index (χ2v) is 4.79. The molecular formula is C14H19FN2O. The molecule has 4 heteroatoms. The molecule has 98 valence electrons. The Kier molecular flexibility index (Phi) is 4.31. The number of nitrogens with zero attached hydrogens (tertiary/aromatic N) is 1. The van der Waals surface area contributed by atoms with Crippen molar-refractivity contribution >= 4 is 5.91 Å². The number of piperazine rings is 1. The minimum atomic E-state index is -0.223. The van der Waals surface area contributed by atoms with Gasteiger partial charge in [-0.1, -0.05) is 18.2 Å². The van der Waals surface area contributed by atoms with Crippen LogP contribution in [0.2, 0.25) is 0 Å². The molecule has 1 amide bonds. The summed E-state index contributed by atoms with van der Waals surface area (Å²) in [7, 11) is 0. The Balaban J connectivity index is 1.86. The van der Waals surface area contributed by atoms with Gasteiger partial charge in [0.15, 0.2) is 0 Å². The van der Waals surface area contributed by atoms with Gasteiger partial charge in [-0.3, -0.25) is 4.79 Å². The molecule has 1 aromatic rings. The third-order valence-electron chi connectivity index (χ3n) is 3.29. The van der Waals surface area contributed by atoms with Crippen molar-refractivity contribution in [3.05, 3.63) is 35.6 Å². The summed E-state index contributed by atoms with van der Waals surface area (Å²) in [6.45, 7) is 4.40. The summed E-state index contributed by atoms with van der Waals surface area (Å²) in [5.41, 5.74) is 0.619. The first kappa shape index (κ1) is 13.0. The molecule has 0 radical (unpaired) electrons. The van der Waals surface area contributed by atoms with Crippen molar-refractivity contribution in [3.8, 4) is 0 Å². The van der Waals surface area contributed by atoms with Crippen LogP contribution in [0, 0.1) is 5.82 Å². The Morgan fingerprint density at radius 1 is 1.50 bits per heavy atom. The van der Waals surface area contributed by atoms with Gasteiger partial charge in [0, 0.05) is 32.1 Å². The molecule has 1 saturated heterocycles. The monoisotopic (exact) mass is 250 g/mol. The normalized spacial score (nSPS) is 19.9. The summed E-state index contributed by atoms with van der Waals surface area (Å²) in [4.78, 5) is 13.9. The van der Waals surface area contributed by atoms with Crippen LogP contribution in [-0.4, -0.2) is 36.5 Å². The van der Waals surface area contributed by atoms with Crippen LogP contribution in [0.25, 0.3) is 0 Å². The van der Waals surface area contributed by atoms with E-state index in [2.05, 4.69) is 12.2 Å². The highest BCUT2D eigenvalue weighted by atomic mass is 19.1. The highest BCUT2D eigenvalue weighted by Crippen LogP contribution is 2.10. The van der Waals surface area contributed by atoms with E-state index in [-0.39, 0.29) is 11.7 Å². The largest absolute Gasteiger partial charge is 0.340 e. The zero-order valence-corrected chi connectivity index (χ0v) is 10.7. The van der Waals surface area contributed by atoms with Crippen LogP contribution in [-0.2, 0) is 11.2 Å². The molecule has 1 N–H and O–H groups in total. The minimum absolute atomic E-state index is 0.117. The first-order valence-electron chi connectivity index (χ1n) is 6.41. The third-order valence-corrected chi connectivity index (χ3v) is 3.29. The van der Waals surface area contributed by atoms with Crippen molar-refractivity contribution in [1.29, 1.82) is 0 Å². The molecule has 1 unspecified atom stereocenters. The minimum Gasteiger partial charge on any atom is -0.340 e. The van der Waals surface area contributed by atoms with Gasteiger partial charge >= 0.3 is 0 Å². The molecule has 1 aromatic carbocycles. The molecule has 0 bridgehead atoms. The zero-order valence-electron chi connectivity index (χ0n) is 10.7. The summed E-state index contributed by atoms with van der Waals surface area (Å²) in [6, 6.07) is 6.99. The quantitative estimate of drug-likeness (QED) is 0.883. The number of nitrogens with one attached hydrogen (secondary N) is 1. The SMILES string of the molecule is CC1CN(C(=O)CCc2ccccc2F)CCN1. The zero-order chi connectivity index (χ0) is 13.0. The molecule has 2 rings (SSSR count).